The van der Waals surface area contributed by atoms with Gasteiger partial charge in [-0.2, -0.15) is 0 Å². The lowest BCUT2D eigenvalue weighted by atomic mass is 10.1. The average Bonchev–Trinajstić information content (AvgIpc) is 2.37. The highest BCUT2D eigenvalue weighted by Crippen LogP contribution is 2.27. The third-order valence-electron chi connectivity index (χ3n) is 2.53. The third-order valence-corrected chi connectivity index (χ3v) is 3.42. The maximum atomic E-state index is 11.4. The summed E-state index contributed by atoms with van der Waals surface area (Å²) in [5, 5.41) is 12.8. The van der Waals surface area contributed by atoms with E-state index in [1.165, 1.54) is 6.07 Å². The van der Waals surface area contributed by atoms with Crippen molar-refractivity contribution in [2.75, 3.05) is 0 Å². The van der Waals surface area contributed by atoms with E-state index in [0.29, 0.717) is 21.4 Å². The van der Waals surface area contributed by atoms with Crippen molar-refractivity contribution in [3.8, 4) is 0 Å². The van der Waals surface area contributed by atoms with Crippen LogP contribution in [-0.2, 0) is 0 Å². The molecule has 0 aromatic carbocycles. The van der Waals surface area contributed by atoms with Crippen LogP contribution in [0.5, 0.6) is 0 Å². The zero-order valence-electron chi connectivity index (χ0n) is 10.9. The molecule has 0 aliphatic heterocycles. The molecule has 0 saturated carbocycles. The van der Waals surface area contributed by atoms with E-state index in [4.69, 9.17) is 10.9 Å². The van der Waals surface area contributed by atoms with Gasteiger partial charge in [0.2, 0.25) is 0 Å². The molecule has 0 saturated heterocycles. The molecule has 4 N–H and O–H groups in total. The number of rotatable bonds is 3. The minimum atomic E-state index is -0.238. The number of nitrogens with zero attached hydrogens (tertiary/aromatic N) is 3. The van der Waals surface area contributed by atoms with Gasteiger partial charge in [-0.1, -0.05) is 5.16 Å². The predicted octanol–water partition coefficient (Wildman–Crippen LogP) is 1.03. The van der Waals surface area contributed by atoms with Crippen LogP contribution in [0.15, 0.2) is 38.5 Å². The Morgan fingerprint density at radius 2 is 2.25 bits per heavy atom. The van der Waals surface area contributed by atoms with Gasteiger partial charge in [0.15, 0.2) is 11.0 Å². The number of nitrogens with two attached hydrogens (primary N) is 1. The second-order valence-electron chi connectivity index (χ2n) is 4.09. The van der Waals surface area contributed by atoms with Gasteiger partial charge in [-0.25, -0.2) is 9.97 Å². The van der Waals surface area contributed by atoms with Crippen LogP contribution in [-0.4, -0.2) is 26.0 Å². The summed E-state index contributed by atoms with van der Waals surface area (Å²) in [6.07, 6.45) is 1.61. The number of H-pyrrole nitrogens is 1. The Labute approximate surface area is 119 Å². The van der Waals surface area contributed by atoms with Crippen molar-refractivity contribution in [2.24, 2.45) is 10.9 Å². The maximum absolute atomic E-state index is 11.4. The zero-order chi connectivity index (χ0) is 14.7. The van der Waals surface area contributed by atoms with Crippen LogP contribution in [0, 0.1) is 13.8 Å². The molecule has 20 heavy (non-hydrogen) atoms. The van der Waals surface area contributed by atoms with Gasteiger partial charge in [0.05, 0.1) is 5.56 Å². The molecule has 0 amide bonds. The number of hydrogen-bond acceptors (Lipinski definition) is 6. The lowest BCUT2D eigenvalue weighted by Gasteiger charge is -2.09. The van der Waals surface area contributed by atoms with Crippen LogP contribution in [0.3, 0.4) is 0 Å². The van der Waals surface area contributed by atoms with Crippen LogP contribution in [0.2, 0.25) is 0 Å². The molecule has 0 bridgehead atoms. The number of hydrogen-bond donors (Lipinski definition) is 3. The van der Waals surface area contributed by atoms with Crippen molar-refractivity contribution in [1.82, 2.24) is 15.0 Å². The van der Waals surface area contributed by atoms with Gasteiger partial charge in [-0.15, -0.1) is 0 Å². The van der Waals surface area contributed by atoms with Crippen molar-refractivity contribution < 1.29 is 5.21 Å². The fraction of sp³-hybridized carbons (Fsp3) is 0.167. The molecule has 0 spiro atoms. The summed E-state index contributed by atoms with van der Waals surface area (Å²) in [6.45, 7) is 3.55. The highest BCUT2D eigenvalue weighted by Gasteiger charge is 2.14. The number of pyridine rings is 1. The second-order valence-corrected chi connectivity index (χ2v) is 5.06. The first-order chi connectivity index (χ1) is 9.51. The van der Waals surface area contributed by atoms with Gasteiger partial charge >= 0.3 is 0 Å². The summed E-state index contributed by atoms with van der Waals surface area (Å²) in [5.41, 5.74) is 7.36. The van der Waals surface area contributed by atoms with Crippen molar-refractivity contribution in [2.45, 2.75) is 24.0 Å². The Bertz CT molecular complexity index is 726. The number of aromatic nitrogens is 3. The van der Waals surface area contributed by atoms with E-state index in [1.54, 1.807) is 19.2 Å². The molecule has 0 atom stereocenters. The maximum Gasteiger partial charge on any atom is 0.251 e. The second kappa shape index (κ2) is 5.74. The highest BCUT2D eigenvalue weighted by atomic mass is 32.2. The van der Waals surface area contributed by atoms with Crippen molar-refractivity contribution in [3.05, 3.63) is 45.5 Å². The Balaban J connectivity index is 2.48. The molecule has 2 aromatic heterocycles. The van der Waals surface area contributed by atoms with E-state index >= 15 is 0 Å². The van der Waals surface area contributed by atoms with Crippen LogP contribution in [0.4, 0.5) is 0 Å². The van der Waals surface area contributed by atoms with E-state index in [1.807, 2.05) is 6.92 Å². The normalized spacial score (nSPS) is 11.6. The van der Waals surface area contributed by atoms with Crippen molar-refractivity contribution >= 4 is 17.6 Å². The summed E-state index contributed by atoms with van der Waals surface area (Å²) < 4.78 is 0. The minimum Gasteiger partial charge on any atom is -0.409 e. The molecule has 104 valence electrons. The van der Waals surface area contributed by atoms with Crippen LogP contribution < -0.4 is 11.3 Å². The fourth-order valence-electron chi connectivity index (χ4n) is 1.66. The topological polar surface area (TPSA) is 117 Å². The number of aromatic amines is 1. The first kappa shape index (κ1) is 14.1. The number of oxime groups is 1. The summed E-state index contributed by atoms with van der Waals surface area (Å²) >= 11 is 1.15. The van der Waals surface area contributed by atoms with E-state index in [0.717, 1.165) is 17.3 Å². The van der Waals surface area contributed by atoms with Gasteiger partial charge in [-0.3, -0.25) is 4.79 Å². The quantitative estimate of drug-likeness (QED) is 0.255. The number of nitrogens with one attached hydrogen (secondary N) is 1. The lowest BCUT2D eigenvalue weighted by Crippen LogP contribution is -2.17. The molecule has 2 aromatic rings. The summed E-state index contributed by atoms with van der Waals surface area (Å²) in [6, 6.07) is 3.15. The highest BCUT2D eigenvalue weighted by molar-refractivity contribution is 7.99. The Hall–Kier alpha value is -2.35. The smallest absolute Gasteiger partial charge is 0.251 e. The first-order valence-corrected chi connectivity index (χ1v) is 6.52. The molecule has 0 radical (unpaired) electrons. The zero-order valence-corrected chi connectivity index (χ0v) is 11.7. The molecule has 0 aliphatic carbocycles. The SMILES string of the molecule is Cc1cc(=O)[nH]c(Sc2nccc(C)c2/C(N)=N/O)n1. The molecule has 0 unspecified atom stereocenters. The third kappa shape index (κ3) is 2.97. The van der Waals surface area contributed by atoms with Gasteiger partial charge in [-0.05, 0) is 37.2 Å². The Morgan fingerprint density at radius 3 is 2.90 bits per heavy atom. The lowest BCUT2D eigenvalue weighted by molar-refractivity contribution is 0.318. The average molecular weight is 291 g/mol. The van der Waals surface area contributed by atoms with E-state index < -0.39 is 0 Å². The van der Waals surface area contributed by atoms with Crippen LogP contribution in [0.25, 0.3) is 0 Å². The van der Waals surface area contributed by atoms with E-state index in [9.17, 15) is 4.79 Å². The summed E-state index contributed by atoms with van der Waals surface area (Å²) in [4.78, 5) is 22.4. The predicted molar refractivity (Wildman–Crippen MR) is 75.2 cm³/mol. The molecule has 2 heterocycles. The molecule has 0 aliphatic rings. The van der Waals surface area contributed by atoms with E-state index in [-0.39, 0.29) is 11.4 Å². The summed E-state index contributed by atoms with van der Waals surface area (Å²) in [5.74, 6) is -0.0342. The van der Waals surface area contributed by atoms with Crippen LogP contribution >= 0.6 is 11.8 Å². The molecule has 8 heteroatoms. The van der Waals surface area contributed by atoms with Gasteiger partial charge in [0.1, 0.15) is 5.03 Å². The number of aryl methyl sites for hydroxylation is 2. The fourth-order valence-corrected chi connectivity index (χ4v) is 2.67. The Morgan fingerprint density at radius 1 is 1.50 bits per heavy atom. The van der Waals surface area contributed by atoms with E-state index in [2.05, 4.69) is 20.1 Å². The largest absolute Gasteiger partial charge is 0.409 e. The minimum absolute atomic E-state index is 0.0342. The molecular weight excluding hydrogens is 278 g/mol. The first-order valence-electron chi connectivity index (χ1n) is 5.70. The van der Waals surface area contributed by atoms with Gasteiger partial charge < -0.3 is 15.9 Å². The molecule has 7 nitrogen and oxygen atoms in total. The molecule has 0 fully saturated rings. The monoisotopic (exact) mass is 291 g/mol. The Kier molecular flexibility index (Phi) is 4.04. The van der Waals surface area contributed by atoms with Crippen molar-refractivity contribution in [3.63, 3.8) is 0 Å². The number of amidine groups is 1. The standard InChI is InChI=1S/C12H13N5O2S/c1-6-3-4-14-11(9(6)10(13)17-19)20-12-15-7(2)5-8(18)16-12/h3-5,19H,1-2H3,(H2,13,17)(H,15,16,18). The van der Waals surface area contributed by atoms with Gasteiger partial charge in [0.25, 0.3) is 5.56 Å². The van der Waals surface area contributed by atoms with Crippen molar-refractivity contribution in [1.29, 1.82) is 0 Å². The molecular formula is C12H13N5O2S. The molecule has 2 rings (SSSR count). The summed E-state index contributed by atoms with van der Waals surface area (Å²) in [7, 11) is 0. The van der Waals surface area contributed by atoms with Gasteiger partial charge in [0, 0.05) is 18.0 Å². The van der Waals surface area contributed by atoms with Crippen LogP contribution in [0.1, 0.15) is 16.8 Å².